The first-order chi connectivity index (χ1) is 29.9. The van der Waals surface area contributed by atoms with Crippen LogP contribution in [0, 0.1) is 17.8 Å². The molecule has 0 spiro atoms. The SMILES string of the molecule is CC[C@H](C)[C@H](NC(=O)[C@H](CCC(N)=O)NC(=O)[C@H](CC(=O)O)NC(=O)[C@H](CC(C)C)NC(=O)[C@H](CCSC)NC(=O)[C@H](CC(C)C)NC(=O)[C@H](CCCCN)NC(=O)[C@H](C)N)C(=O)O. The first kappa shape index (κ1) is 59.0. The number of unbranched alkanes of at least 4 members (excludes halogenated alkanes) is 1. The van der Waals surface area contributed by atoms with Crippen molar-refractivity contribution in [3.8, 4) is 0 Å². The predicted octanol–water partition coefficient (Wildman–Crippen LogP) is -1.43. The lowest BCUT2D eigenvalue weighted by Crippen LogP contribution is -2.60. The van der Waals surface area contributed by atoms with Gasteiger partial charge in [0.05, 0.1) is 12.5 Å². The monoisotopic (exact) mass is 931 g/mol. The highest BCUT2D eigenvalue weighted by molar-refractivity contribution is 7.98. The third-order valence-corrected chi connectivity index (χ3v) is 10.7. The molecule has 64 heavy (non-hydrogen) atoms. The summed E-state index contributed by atoms with van der Waals surface area (Å²) in [5.41, 5.74) is 16.6. The fraction of sp³-hybridized carbons (Fsp3) is 0.756. The van der Waals surface area contributed by atoms with Gasteiger partial charge in [0.25, 0.3) is 0 Å². The van der Waals surface area contributed by atoms with E-state index < -0.39 is 126 Å². The smallest absolute Gasteiger partial charge is 0.326 e. The minimum absolute atomic E-state index is 0.0112. The summed E-state index contributed by atoms with van der Waals surface area (Å²) in [6.07, 6.45) is 1.89. The number of rotatable bonds is 33. The normalized spacial score (nSPS) is 15.4. The van der Waals surface area contributed by atoms with Crippen LogP contribution in [0.1, 0.15) is 113 Å². The Kier molecular flexibility index (Phi) is 28.5. The molecular weight excluding hydrogens is 857 g/mol. The molecule has 0 aliphatic heterocycles. The number of hydrogen-bond acceptors (Lipinski definition) is 13. The van der Waals surface area contributed by atoms with Crippen molar-refractivity contribution in [2.75, 3.05) is 18.6 Å². The van der Waals surface area contributed by atoms with Gasteiger partial charge >= 0.3 is 11.9 Å². The summed E-state index contributed by atoms with van der Waals surface area (Å²) in [5.74, 6) is -10.1. The highest BCUT2D eigenvalue weighted by Crippen LogP contribution is 2.13. The van der Waals surface area contributed by atoms with E-state index in [-0.39, 0.29) is 43.9 Å². The maximum Gasteiger partial charge on any atom is 0.326 e. The van der Waals surface area contributed by atoms with E-state index in [1.165, 1.54) is 18.7 Å². The van der Waals surface area contributed by atoms with Gasteiger partial charge in [-0.2, -0.15) is 11.8 Å². The summed E-state index contributed by atoms with van der Waals surface area (Å²) in [6, 6.07) is -10.4. The molecule has 0 fully saturated rings. The summed E-state index contributed by atoms with van der Waals surface area (Å²) >= 11 is 1.37. The molecule has 22 nitrogen and oxygen atoms in total. The highest BCUT2D eigenvalue weighted by atomic mass is 32.2. The van der Waals surface area contributed by atoms with Crippen molar-refractivity contribution in [2.45, 2.75) is 161 Å². The maximum atomic E-state index is 14.0. The van der Waals surface area contributed by atoms with Gasteiger partial charge in [-0.3, -0.25) is 43.2 Å². The number of hydrogen-bond donors (Lipinski definition) is 12. The van der Waals surface area contributed by atoms with Gasteiger partial charge < -0.3 is 64.6 Å². The van der Waals surface area contributed by atoms with Crippen LogP contribution in [-0.2, 0) is 47.9 Å². The summed E-state index contributed by atoms with van der Waals surface area (Å²) in [6.45, 7) is 12.2. The molecule has 0 saturated carbocycles. The Labute approximate surface area is 380 Å². The fourth-order valence-electron chi connectivity index (χ4n) is 6.21. The van der Waals surface area contributed by atoms with Gasteiger partial charge in [0.15, 0.2) is 0 Å². The number of nitrogens with two attached hydrogens (primary N) is 3. The molecule has 0 aromatic heterocycles. The lowest BCUT2D eigenvalue weighted by molar-refractivity contribution is -0.144. The van der Waals surface area contributed by atoms with E-state index in [4.69, 9.17) is 17.2 Å². The molecule has 0 heterocycles. The predicted molar refractivity (Wildman–Crippen MR) is 240 cm³/mol. The minimum Gasteiger partial charge on any atom is -0.481 e. The lowest BCUT2D eigenvalue weighted by Gasteiger charge is -2.28. The molecule has 0 unspecified atom stereocenters. The van der Waals surface area contributed by atoms with Gasteiger partial charge in [0.1, 0.15) is 42.3 Å². The molecule has 0 bridgehead atoms. The molecule has 0 aromatic rings. The van der Waals surface area contributed by atoms with Crippen LogP contribution in [0.4, 0.5) is 0 Å². The molecule has 15 N–H and O–H groups in total. The van der Waals surface area contributed by atoms with Crippen LogP contribution in [0.3, 0.4) is 0 Å². The van der Waals surface area contributed by atoms with Gasteiger partial charge in [0, 0.05) is 6.42 Å². The van der Waals surface area contributed by atoms with Crippen molar-refractivity contribution < 1.29 is 58.2 Å². The fourth-order valence-corrected chi connectivity index (χ4v) is 6.68. The molecule has 9 atom stereocenters. The van der Waals surface area contributed by atoms with Crippen molar-refractivity contribution in [1.29, 1.82) is 0 Å². The van der Waals surface area contributed by atoms with Gasteiger partial charge in [-0.15, -0.1) is 0 Å². The number of primary amides is 1. The number of aliphatic carboxylic acids is 2. The maximum absolute atomic E-state index is 14.0. The highest BCUT2D eigenvalue weighted by Gasteiger charge is 2.36. The van der Waals surface area contributed by atoms with Crippen molar-refractivity contribution in [1.82, 2.24) is 37.2 Å². The van der Waals surface area contributed by atoms with Gasteiger partial charge in [0.2, 0.25) is 47.3 Å². The number of thioether (sulfide) groups is 1. The number of amides is 8. The molecule has 0 aliphatic carbocycles. The number of carbonyl (C=O) groups excluding carboxylic acids is 8. The third kappa shape index (κ3) is 23.6. The largest absolute Gasteiger partial charge is 0.481 e. The van der Waals surface area contributed by atoms with Crippen molar-refractivity contribution in [3.05, 3.63) is 0 Å². The van der Waals surface area contributed by atoms with Crippen molar-refractivity contribution in [3.63, 3.8) is 0 Å². The van der Waals surface area contributed by atoms with Crippen LogP contribution in [0.5, 0.6) is 0 Å². The standard InChI is InChI=1S/C41H74N10O12S/c1-9-23(6)33(41(62)63)51-37(58)26(13-14-31(44)52)46-40(61)30(20-32(53)54)50-39(60)29(19-22(4)5)49-36(57)27(15-17-64-8)47-38(59)28(18-21(2)3)48-35(56)25(12-10-11-16-42)45-34(55)24(7)43/h21-30,33H,9-20,42-43H2,1-8H3,(H2,44,52)(H,45,55)(H,46,61)(H,47,59)(H,48,56)(H,49,57)(H,50,60)(H,51,58)(H,53,54)(H,62,63)/t23-,24-,25-,26-,27-,28-,29-,30-,33-/m0/s1. The quantitative estimate of drug-likeness (QED) is 0.0336. The van der Waals surface area contributed by atoms with E-state index in [9.17, 15) is 58.2 Å². The Morgan fingerprint density at radius 1 is 0.562 bits per heavy atom. The van der Waals surface area contributed by atoms with Crippen LogP contribution in [0.25, 0.3) is 0 Å². The Morgan fingerprint density at radius 3 is 1.38 bits per heavy atom. The Hall–Kier alpha value is -5.03. The zero-order valence-electron chi connectivity index (χ0n) is 38.5. The summed E-state index contributed by atoms with van der Waals surface area (Å²) < 4.78 is 0. The van der Waals surface area contributed by atoms with Gasteiger partial charge in [-0.1, -0.05) is 48.0 Å². The van der Waals surface area contributed by atoms with Crippen LogP contribution >= 0.6 is 11.8 Å². The van der Waals surface area contributed by atoms with Crippen LogP contribution in [0.2, 0.25) is 0 Å². The first-order valence-electron chi connectivity index (χ1n) is 21.7. The van der Waals surface area contributed by atoms with E-state index in [0.717, 1.165) is 0 Å². The van der Waals surface area contributed by atoms with Crippen LogP contribution in [0.15, 0.2) is 0 Å². The van der Waals surface area contributed by atoms with Gasteiger partial charge in [-0.05, 0) is 88.2 Å². The van der Waals surface area contributed by atoms with Crippen LogP contribution < -0.4 is 54.4 Å². The second kappa shape index (κ2) is 30.9. The van der Waals surface area contributed by atoms with E-state index in [1.807, 2.05) is 13.8 Å². The molecule has 0 rings (SSSR count). The van der Waals surface area contributed by atoms with Crippen LogP contribution in [-0.4, -0.2) is 136 Å². The number of nitrogens with one attached hydrogen (secondary N) is 7. The molecule has 366 valence electrons. The molecule has 0 saturated heterocycles. The average Bonchev–Trinajstić information content (AvgIpc) is 3.20. The third-order valence-electron chi connectivity index (χ3n) is 10.0. The lowest BCUT2D eigenvalue weighted by atomic mass is 9.98. The number of carboxylic acid groups (broad SMARTS) is 2. The van der Waals surface area contributed by atoms with E-state index in [2.05, 4.69) is 37.2 Å². The number of carbonyl (C=O) groups is 10. The summed E-state index contributed by atoms with van der Waals surface area (Å²) in [4.78, 5) is 130. The average molecular weight is 931 g/mol. The first-order valence-corrected chi connectivity index (χ1v) is 23.1. The second-order valence-corrected chi connectivity index (χ2v) is 17.8. The Balaban J connectivity index is 6.55. The zero-order valence-corrected chi connectivity index (χ0v) is 39.3. The summed E-state index contributed by atoms with van der Waals surface area (Å²) in [7, 11) is 0. The Bertz CT molecular complexity index is 1580. The molecule has 23 heteroatoms. The van der Waals surface area contributed by atoms with Gasteiger partial charge in [-0.25, -0.2) is 4.79 Å². The molecular formula is C41H74N10O12S. The second-order valence-electron chi connectivity index (χ2n) is 16.8. The molecule has 0 aliphatic rings. The van der Waals surface area contributed by atoms with E-state index >= 15 is 0 Å². The summed E-state index contributed by atoms with van der Waals surface area (Å²) in [5, 5.41) is 37.0. The van der Waals surface area contributed by atoms with E-state index in [1.54, 1.807) is 34.0 Å². The van der Waals surface area contributed by atoms with E-state index in [0.29, 0.717) is 31.6 Å². The van der Waals surface area contributed by atoms with Crippen molar-refractivity contribution in [2.24, 2.45) is 35.0 Å². The topological polar surface area (TPSA) is 373 Å². The molecule has 0 radical (unpaired) electrons. The molecule has 8 amide bonds. The Morgan fingerprint density at radius 2 is 0.969 bits per heavy atom. The number of carboxylic acids is 2. The van der Waals surface area contributed by atoms with Crippen molar-refractivity contribution >= 4 is 71.0 Å². The zero-order chi connectivity index (χ0) is 49.3. The minimum atomic E-state index is -1.82. The molecule has 0 aromatic carbocycles.